The normalized spacial score (nSPS) is 20.5. The Morgan fingerprint density at radius 1 is 0.857 bits per heavy atom. The number of hydrogen-bond donors (Lipinski definition) is 0. The summed E-state index contributed by atoms with van der Waals surface area (Å²) in [4.78, 5) is 8.05. The molecule has 21 heavy (non-hydrogen) atoms. The van der Waals surface area contributed by atoms with E-state index in [1.54, 1.807) is 0 Å². The minimum atomic E-state index is 0.0916. The van der Waals surface area contributed by atoms with Gasteiger partial charge >= 0.3 is 0 Å². The Labute approximate surface area is 132 Å². The first kappa shape index (κ1) is 18.5. The van der Waals surface area contributed by atoms with E-state index < -0.39 is 0 Å². The van der Waals surface area contributed by atoms with Crippen LogP contribution in [0.15, 0.2) is 5.16 Å². The molecule has 1 saturated carbocycles. The van der Waals surface area contributed by atoms with Gasteiger partial charge < -0.3 is 4.84 Å². The lowest BCUT2D eigenvalue weighted by Crippen LogP contribution is -2.33. The largest absolute Gasteiger partial charge is 0.377 e. The molecular formula is C18H36N2O. The minimum Gasteiger partial charge on any atom is -0.377 e. The molecule has 1 rings (SSSR count). The van der Waals surface area contributed by atoms with E-state index in [9.17, 15) is 0 Å². The van der Waals surface area contributed by atoms with Gasteiger partial charge in [-0.2, -0.15) is 0 Å². The molecule has 3 heteroatoms. The van der Waals surface area contributed by atoms with Gasteiger partial charge in [-0.1, -0.05) is 63.9 Å². The molecule has 0 amide bonds. The number of hydrogen-bond acceptors (Lipinski definition) is 3. The molecule has 0 N–H and O–H groups in total. The molecule has 1 unspecified atom stereocenters. The van der Waals surface area contributed by atoms with Crippen LogP contribution in [0.3, 0.4) is 0 Å². The van der Waals surface area contributed by atoms with Crippen molar-refractivity contribution in [3.63, 3.8) is 0 Å². The van der Waals surface area contributed by atoms with Crippen molar-refractivity contribution in [3.8, 4) is 0 Å². The van der Waals surface area contributed by atoms with Crippen molar-refractivity contribution >= 4 is 5.71 Å². The third-order valence-corrected chi connectivity index (χ3v) is 4.59. The fraction of sp³-hybridized carbons (Fsp3) is 0.944. The monoisotopic (exact) mass is 296 g/mol. The van der Waals surface area contributed by atoms with Gasteiger partial charge in [-0.15, -0.1) is 0 Å². The third-order valence-electron chi connectivity index (χ3n) is 4.59. The smallest absolute Gasteiger partial charge is 0.178 e. The topological polar surface area (TPSA) is 24.8 Å². The van der Waals surface area contributed by atoms with Gasteiger partial charge in [0.2, 0.25) is 0 Å². The highest BCUT2D eigenvalue weighted by atomic mass is 16.6. The van der Waals surface area contributed by atoms with Crippen LogP contribution in [0.4, 0.5) is 0 Å². The van der Waals surface area contributed by atoms with Gasteiger partial charge in [-0.25, -0.2) is 0 Å². The zero-order valence-corrected chi connectivity index (χ0v) is 14.6. The Morgan fingerprint density at radius 2 is 1.29 bits per heavy atom. The molecule has 1 atom stereocenters. The Morgan fingerprint density at radius 3 is 1.71 bits per heavy atom. The van der Waals surface area contributed by atoms with Gasteiger partial charge in [0, 0.05) is 0 Å². The molecule has 1 aliphatic carbocycles. The standard InChI is InChI=1S/C18H36N2O/c1-4-20(5-2)17(3)21-19-18-15-13-11-9-7-6-8-10-12-14-16-18/h17H,4-16H2,1-3H3. The van der Waals surface area contributed by atoms with Crippen molar-refractivity contribution in [2.45, 2.75) is 97.6 Å². The molecule has 0 spiro atoms. The van der Waals surface area contributed by atoms with E-state index in [1.807, 2.05) is 0 Å². The molecule has 3 nitrogen and oxygen atoms in total. The predicted octanol–water partition coefficient (Wildman–Crippen LogP) is 5.35. The molecular weight excluding hydrogens is 260 g/mol. The highest BCUT2D eigenvalue weighted by Crippen LogP contribution is 2.16. The van der Waals surface area contributed by atoms with E-state index in [4.69, 9.17) is 4.84 Å². The number of rotatable bonds is 5. The molecule has 0 aromatic rings. The third kappa shape index (κ3) is 8.45. The van der Waals surface area contributed by atoms with Gasteiger partial charge in [0.25, 0.3) is 0 Å². The predicted molar refractivity (Wildman–Crippen MR) is 91.7 cm³/mol. The van der Waals surface area contributed by atoms with Crippen LogP contribution in [0.25, 0.3) is 0 Å². The summed E-state index contributed by atoms with van der Waals surface area (Å²) >= 11 is 0. The van der Waals surface area contributed by atoms with Crippen LogP contribution in [-0.2, 0) is 4.84 Å². The number of oxime groups is 1. The van der Waals surface area contributed by atoms with Crippen molar-refractivity contribution in [2.75, 3.05) is 13.1 Å². The van der Waals surface area contributed by atoms with Crippen molar-refractivity contribution < 1.29 is 4.84 Å². The molecule has 1 aliphatic rings. The minimum absolute atomic E-state index is 0.0916. The lowest BCUT2D eigenvalue weighted by Gasteiger charge is -2.24. The summed E-state index contributed by atoms with van der Waals surface area (Å²) in [5.41, 5.74) is 1.29. The summed E-state index contributed by atoms with van der Waals surface area (Å²) in [5, 5.41) is 4.50. The average molecular weight is 296 g/mol. The van der Waals surface area contributed by atoms with Crippen LogP contribution in [-0.4, -0.2) is 29.9 Å². The van der Waals surface area contributed by atoms with E-state index in [0.717, 1.165) is 25.9 Å². The van der Waals surface area contributed by atoms with Gasteiger partial charge in [0.1, 0.15) is 0 Å². The van der Waals surface area contributed by atoms with E-state index in [-0.39, 0.29) is 6.23 Å². The van der Waals surface area contributed by atoms with Gasteiger partial charge in [0.15, 0.2) is 6.23 Å². The van der Waals surface area contributed by atoms with Crippen molar-refractivity contribution in [2.24, 2.45) is 5.16 Å². The molecule has 0 aliphatic heterocycles. The maximum absolute atomic E-state index is 5.76. The van der Waals surface area contributed by atoms with Crippen molar-refractivity contribution in [3.05, 3.63) is 0 Å². The first-order chi connectivity index (χ1) is 10.3. The second-order valence-electron chi connectivity index (χ2n) is 6.27. The SMILES string of the molecule is CCN(CC)C(C)ON=C1CCCCCCCCCCC1. The average Bonchev–Trinajstić information content (AvgIpc) is 2.48. The van der Waals surface area contributed by atoms with Crippen molar-refractivity contribution in [1.29, 1.82) is 0 Å². The van der Waals surface area contributed by atoms with Crippen LogP contribution >= 0.6 is 0 Å². The fourth-order valence-corrected chi connectivity index (χ4v) is 3.07. The van der Waals surface area contributed by atoms with Crippen LogP contribution < -0.4 is 0 Å². The van der Waals surface area contributed by atoms with Crippen LogP contribution in [0.2, 0.25) is 0 Å². The second-order valence-corrected chi connectivity index (χ2v) is 6.27. The Hall–Kier alpha value is -0.570. The van der Waals surface area contributed by atoms with E-state index >= 15 is 0 Å². The molecule has 124 valence electrons. The molecule has 0 bridgehead atoms. The zero-order valence-electron chi connectivity index (χ0n) is 14.6. The zero-order chi connectivity index (χ0) is 15.3. The summed E-state index contributed by atoms with van der Waals surface area (Å²) < 4.78 is 0. The van der Waals surface area contributed by atoms with E-state index in [1.165, 1.54) is 63.5 Å². The van der Waals surface area contributed by atoms with Gasteiger partial charge in [0.05, 0.1) is 5.71 Å². The maximum Gasteiger partial charge on any atom is 0.178 e. The number of nitrogens with zero attached hydrogens (tertiary/aromatic N) is 2. The summed E-state index contributed by atoms with van der Waals surface area (Å²) in [6.45, 7) is 8.48. The summed E-state index contributed by atoms with van der Waals surface area (Å²) in [5.74, 6) is 0. The second kappa shape index (κ2) is 12.0. The summed E-state index contributed by atoms with van der Waals surface area (Å²) in [7, 11) is 0. The maximum atomic E-state index is 5.76. The Balaban J connectivity index is 2.43. The highest BCUT2D eigenvalue weighted by Gasteiger charge is 2.11. The molecule has 0 aromatic carbocycles. The molecule has 0 heterocycles. The van der Waals surface area contributed by atoms with Crippen LogP contribution in [0.5, 0.6) is 0 Å². The molecule has 1 fully saturated rings. The molecule has 0 radical (unpaired) electrons. The van der Waals surface area contributed by atoms with E-state index in [0.29, 0.717) is 0 Å². The first-order valence-corrected chi connectivity index (χ1v) is 9.23. The first-order valence-electron chi connectivity index (χ1n) is 9.23. The fourth-order valence-electron chi connectivity index (χ4n) is 3.07. The Bertz CT molecular complexity index is 260. The van der Waals surface area contributed by atoms with Crippen LogP contribution in [0, 0.1) is 0 Å². The van der Waals surface area contributed by atoms with Gasteiger partial charge in [-0.3, -0.25) is 4.90 Å². The lowest BCUT2D eigenvalue weighted by molar-refractivity contribution is -0.0411. The Kier molecular flexibility index (Phi) is 10.6. The quantitative estimate of drug-likeness (QED) is 0.504. The van der Waals surface area contributed by atoms with Gasteiger partial charge in [-0.05, 0) is 45.7 Å². The summed E-state index contributed by atoms with van der Waals surface area (Å²) in [6, 6.07) is 0. The molecule has 0 saturated heterocycles. The highest BCUT2D eigenvalue weighted by molar-refractivity contribution is 5.83. The summed E-state index contributed by atoms with van der Waals surface area (Å²) in [6.07, 6.45) is 14.7. The lowest BCUT2D eigenvalue weighted by atomic mass is 10.00. The van der Waals surface area contributed by atoms with Crippen LogP contribution in [0.1, 0.15) is 91.4 Å². The van der Waals surface area contributed by atoms with E-state index in [2.05, 4.69) is 30.8 Å². The van der Waals surface area contributed by atoms with Crippen molar-refractivity contribution in [1.82, 2.24) is 4.90 Å². The molecule has 0 aromatic heterocycles.